The summed E-state index contributed by atoms with van der Waals surface area (Å²) in [6.07, 6.45) is -0.650. The SMILES string of the molecule is O=C(c1nnc(-c2ccn(C(F)F)n2)o1)N1CCc2[nH]cnc2C1c1cc2c(OC(F)(F)F)cccn2n1. The van der Waals surface area contributed by atoms with Gasteiger partial charge < -0.3 is 19.0 Å². The molecule has 1 N–H and O–H groups in total. The number of aromatic nitrogens is 8. The Bertz CT molecular complexity index is 1640. The van der Waals surface area contributed by atoms with Crippen LogP contribution in [0.25, 0.3) is 17.1 Å². The van der Waals surface area contributed by atoms with Crippen LogP contribution < -0.4 is 4.74 Å². The summed E-state index contributed by atoms with van der Waals surface area (Å²) in [5.41, 5.74) is 1.32. The van der Waals surface area contributed by atoms with Crippen LogP contribution in [0.1, 0.15) is 40.4 Å². The van der Waals surface area contributed by atoms with Gasteiger partial charge in [0.05, 0.1) is 17.7 Å². The number of fused-ring (bicyclic) bond motifs is 2. The fraction of sp³-hybridized carbons (Fsp3) is 0.238. The molecule has 0 fully saturated rings. The Balaban J connectivity index is 1.37. The monoisotopic (exact) mass is 535 g/mol. The average molecular weight is 535 g/mol. The van der Waals surface area contributed by atoms with Crippen LogP contribution in [0, 0.1) is 0 Å². The van der Waals surface area contributed by atoms with Crippen molar-refractivity contribution < 1.29 is 35.9 Å². The van der Waals surface area contributed by atoms with E-state index in [2.05, 4.69) is 35.1 Å². The maximum absolute atomic E-state index is 13.5. The van der Waals surface area contributed by atoms with Crippen LogP contribution in [-0.2, 0) is 6.42 Å². The Morgan fingerprint density at radius 1 is 1.18 bits per heavy atom. The predicted molar refractivity (Wildman–Crippen MR) is 114 cm³/mol. The van der Waals surface area contributed by atoms with Gasteiger partial charge in [0, 0.05) is 31.1 Å². The zero-order valence-corrected chi connectivity index (χ0v) is 18.8. The summed E-state index contributed by atoms with van der Waals surface area (Å²) < 4.78 is 75.6. The van der Waals surface area contributed by atoms with E-state index in [0.29, 0.717) is 22.5 Å². The highest BCUT2D eigenvalue weighted by atomic mass is 19.4. The molecule has 0 radical (unpaired) electrons. The maximum atomic E-state index is 13.5. The summed E-state index contributed by atoms with van der Waals surface area (Å²) in [6.45, 7) is -2.73. The smallest absolute Gasteiger partial charge is 0.411 e. The number of alkyl halides is 5. The highest BCUT2D eigenvalue weighted by molar-refractivity contribution is 5.90. The van der Waals surface area contributed by atoms with Gasteiger partial charge in [0.1, 0.15) is 17.3 Å². The highest BCUT2D eigenvalue weighted by Crippen LogP contribution is 2.36. The Kier molecular flexibility index (Phi) is 5.35. The lowest BCUT2D eigenvalue weighted by Gasteiger charge is -2.32. The number of nitrogens with one attached hydrogen (secondary N) is 1. The van der Waals surface area contributed by atoms with Crippen molar-refractivity contribution in [2.24, 2.45) is 0 Å². The van der Waals surface area contributed by atoms with E-state index in [-0.39, 0.29) is 29.3 Å². The number of nitrogens with zero attached hydrogens (tertiary/aromatic N) is 8. The number of carbonyl (C=O) groups is 1. The van der Waals surface area contributed by atoms with Gasteiger partial charge in [0.15, 0.2) is 5.75 Å². The molecule has 0 saturated heterocycles. The molecule has 38 heavy (non-hydrogen) atoms. The first kappa shape index (κ1) is 23.6. The lowest BCUT2D eigenvalue weighted by molar-refractivity contribution is -0.274. The number of halogens is 5. The van der Waals surface area contributed by atoms with Gasteiger partial charge in [-0.25, -0.2) is 14.2 Å². The number of rotatable bonds is 5. The molecule has 196 valence electrons. The number of hydrogen-bond acceptors (Lipinski definition) is 8. The van der Waals surface area contributed by atoms with Crippen molar-refractivity contribution in [1.29, 1.82) is 0 Å². The van der Waals surface area contributed by atoms with Crippen LogP contribution in [0.3, 0.4) is 0 Å². The van der Waals surface area contributed by atoms with Crippen molar-refractivity contribution in [3.63, 3.8) is 0 Å². The van der Waals surface area contributed by atoms with Crippen LogP contribution in [-0.4, -0.2) is 63.3 Å². The van der Waals surface area contributed by atoms with Gasteiger partial charge in [-0.1, -0.05) is 0 Å². The van der Waals surface area contributed by atoms with E-state index < -0.39 is 36.5 Å². The second-order valence-electron chi connectivity index (χ2n) is 8.11. The molecule has 17 heteroatoms. The van der Waals surface area contributed by atoms with Gasteiger partial charge in [0.2, 0.25) is 0 Å². The Hall–Kier alpha value is -4.83. The molecule has 6 rings (SSSR count). The molecule has 0 aromatic carbocycles. The minimum absolute atomic E-state index is 0.0181. The van der Waals surface area contributed by atoms with E-state index in [9.17, 15) is 26.7 Å². The topological polar surface area (TPSA) is 132 Å². The lowest BCUT2D eigenvalue weighted by atomic mass is 9.99. The molecule has 1 aliphatic rings. The fourth-order valence-electron chi connectivity index (χ4n) is 4.24. The first-order chi connectivity index (χ1) is 18.2. The van der Waals surface area contributed by atoms with Gasteiger partial charge in [-0.05, 0) is 24.3 Å². The van der Waals surface area contributed by atoms with Crippen LogP contribution >= 0.6 is 0 Å². The van der Waals surface area contributed by atoms with Crippen molar-refractivity contribution in [2.45, 2.75) is 25.4 Å². The van der Waals surface area contributed by atoms with Gasteiger partial charge >= 0.3 is 24.7 Å². The Morgan fingerprint density at radius 3 is 2.79 bits per heavy atom. The molecule has 12 nitrogen and oxygen atoms in total. The minimum atomic E-state index is -4.92. The zero-order valence-electron chi connectivity index (χ0n) is 18.8. The number of imidazole rings is 1. The van der Waals surface area contributed by atoms with Crippen molar-refractivity contribution in [2.75, 3.05) is 6.54 Å². The molecule has 0 bridgehead atoms. The Morgan fingerprint density at radius 2 is 2.03 bits per heavy atom. The molecule has 5 aromatic rings. The zero-order chi connectivity index (χ0) is 26.6. The quantitative estimate of drug-likeness (QED) is 0.339. The van der Waals surface area contributed by atoms with Crippen molar-refractivity contribution >= 4 is 11.4 Å². The van der Waals surface area contributed by atoms with E-state index in [1.54, 1.807) is 0 Å². The molecule has 0 aliphatic carbocycles. The third-order valence-electron chi connectivity index (χ3n) is 5.81. The molecule has 1 amide bonds. The lowest BCUT2D eigenvalue weighted by Crippen LogP contribution is -2.41. The van der Waals surface area contributed by atoms with Gasteiger partial charge in [-0.2, -0.15) is 19.0 Å². The number of pyridine rings is 1. The summed E-state index contributed by atoms with van der Waals surface area (Å²) in [5.74, 6) is -1.89. The first-order valence-corrected chi connectivity index (χ1v) is 10.9. The molecular formula is C21H14F5N9O3. The van der Waals surface area contributed by atoms with E-state index in [1.807, 2.05) is 0 Å². The molecule has 1 unspecified atom stereocenters. The summed E-state index contributed by atoms with van der Waals surface area (Å²) in [6, 6.07) is 4.15. The molecule has 6 heterocycles. The van der Waals surface area contributed by atoms with E-state index in [4.69, 9.17) is 4.42 Å². The number of hydrogen-bond donors (Lipinski definition) is 1. The summed E-state index contributed by atoms with van der Waals surface area (Å²) >= 11 is 0. The first-order valence-electron chi connectivity index (χ1n) is 10.9. The summed E-state index contributed by atoms with van der Waals surface area (Å²) in [5, 5.41) is 15.5. The number of aromatic amines is 1. The van der Waals surface area contributed by atoms with E-state index in [1.165, 1.54) is 40.1 Å². The molecular weight excluding hydrogens is 521 g/mol. The normalized spacial score (nSPS) is 15.8. The number of amides is 1. The Labute approximate surface area is 207 Å². The third kappa shape index (κ3) is 4.10. The second-order valence-corrected chi connectivity index (χ2v) is 8.11. The molecule has 1 aliphatic heterocycles. The highest BCUT2D eigenvalue weighted by Gasteiger charge is 2.39. The molecule has 0 saturated carbocycles. The van der Waals surface area contributed by atoms with Gasteiger partial charge in [-0.15, -0.1) is 23.4 Å². The van der Waals surface area contributed by atoms with E-state index >= 15 is 0 Å². The minimum Gasteiger partial charge on any atom is -0.411 e. The molecule has 0 spiro atoms. The van der Waals surface area contributed by atoms with E-state index in [0.717, 1.165) is 12.3 Å². The number of ether oxygens (including phenoxy) is 1. The predicted octanol–water partition coefficient (Wildman–Crippen LogP) is 3.39. The molecule has 1 atom stereocenters. The van der Waals surface area contributed by atoms with Gasteiger partial charge in [0.25, 0.3) is 5.89 Å². The van der Waals surface area contributed by atoms with Crippen LogP contribution in [0.5, 0.6) is 5.75 Å². The fourth-order valence-corrected chi connectivity index (χ4v) is 4.24. The van der Waals surface area contributed by atoms with Crippen LogP contribution in [0.15, 0.2) is 47.4 Å². The third-order valence-corrected chi connectivity index (χ3v) is 5.81. The van der Waals surface area contributed by atoms with Crippen molar-refractivity contribution in [1.82, 2.24) is 44.5 Å². The number of carbonyl (C=O) groups excluding carboxylic acids is 1. The van der Waals surface area contributed by atoms with Gasteiger partial charge in [-0.3, -0.25) is 4.79 Å². The largest absolute Gasteiger partial charge is 0.573 e. The van der Waals surface area contributed by atoms with Crippen LogP contribution in [0.2, 0.25) is 0 Å². The standard InChI is InChI=1S/C21H14F5N9O3/c22-20(23)35-7-4-11(31-35)17-29-30-18(37-17)19(36)33-6-3-10-15(28-9-27-10)16(33)12-8-13-14(38-21(24,25)26)2-1-5-34(13)32-12/h1-2,4-5,7-9,16,20H,3,6H2,(H,27,28). The van der Waals surface area contributed by atoms with Crippen molar-refractivity contribution in [3.05, 3.63) is 66.0 Å². The average Bonchev–Trinajstić information content (AvgIpc) is 3.66. The van der Waals surface area contributed by atoms with Crippen LogP contribution in [0.4, 0.5) is 22.0 Å². The summed E-state index contributed by atoms with van der Waals surface area (Å²) in [4.78, 5) is 22.1. The maximum Gasteiger partial charge on any atom is 0.573 e. The van der Waals surface area contributed by atoms with Crippen molar-refractivity contribution in [3.8, 4) is 17.3 Å². The molecule has 5 aromatic heterocycles. The second kappa shape index (κ2) is 8.63. The number of H-pyrrole nitrogens is 1. The summed E-state index contributed by atoms with van der Waals surface area (Å²) in [7, 11) is 0.